The Balaban J connectivity index is 3.46. The Morgan fingerprint density at radius 1 is 1.38 bits per heavy atom. The van der Waals surface area contributed by atoms with E-state index >= 15 is 0 Å². The normalized spacial score (nSPS) is 11.9. The van der Waals surface area contributed by atoms with E-state index in [4.69, 9.17) is 5.11 Å². The van der Waals surface area contributed by atoms with E-state index in [0.717, 1.165) is 0 Å². The molecular formula is C8H4F5NO2. The lowest BCUT2D eigenvalue weighted by Gasteiger charge is -2.11. The minimum absolute atomic E-state index is 0.219. The SMILES string of the molecule is O=Cc1c(C(F)F)cnc(C(F)(F)F)c1O. The quantitative estimate of drug-likeness (QED) is 0.639. The summed E-state index contributed by atoms with van der Waals surface area (Å²) in [6.07, 6.45) is -8.26. The molecule has 0 aliphatic rings. The Bertz CT molecular complexity index is 416. The Kier molecular flexibility index (Phi) is 3.11. The van der Waals surface area contributed by atoms with Crippen molar-refractivity contribution in [1.29, 1.82) is 0 Å². The van der Waals surface area contributed by atoms with Crippen LogP contribution in [-0.4, -0.2) is 16.4 Å². The van der Waals surface area contributed by atoms with Crippen molar-refractivity contribution >= 4 is 6.29 Å². The van der Waals surface area contributed by atoms with Crippen molar-refractivity contribution in [3.8, 4) is 5.75 Å². The average Bonchev–Trinajstić information content (AvgIpc) is 2.14. The molecule has 0 amide bonds. The number of carbonyl (C=O) groups is 1. The number of aromatic hydroxyl groups is 1. The van der Waals surface area contributed by atoms with Crippen molar-refractivity contribution in [3.63, 3.8) is 0 Å². The number of hydrogen-bond donors (Lipinski definition) is 1. The van der Waals surface area contributed by atoms with E-state index in [1.165, 1.54) is 0 Å². The summed E-state index contributed by atoms with van der Waals surface area (Å²) in [6, 6.07) is 0. The highest BCUT2D eigenvalue weighted by molar-refractivity contribution is 5.82. The molecular weight excluding hydrogens is 237 g/mol. The molecule has 8 heteroatoms. The highest BCUT2D eigenvalue weighted by Gasteiger charge is 2.38. The molecule has 0 saturated heterocycles. The number of rotatable bonds is 2. The van der Waals surface area contributed by atoms with Gasteiger partial charge in [-0.15, -0.1) is 0 Å². The van der Waals surface area contributed by atoms with E-state index in [0.29, 0.717) is 0 Å². The minimum atomic E-state index is -5.01. The Morgan fingerprint density at radius 2 is 1.94 bits per heavy atom. The standard InChI is InChI=1S/C8H4F5NO2/c9-7(10)3-1-14-6(8(11,12)13)5(16)4(3)2-15/h1-2,7,16H. The van der Waals surface area contributed by atoms with E-state index in [-0.39, 0.29) is 12.5 Å². The van der Waals surface area contributed by atoms with E-state index in [1.54, 1.807) is 0 Å². The number of carbonyl (C=O) groups excluding carboxylic acids is 1. The van der Waals surface area contributed by atoms with E-state index in [1.807, 2.05) is 0 Å². The molecule has 0 aliphatic carbocycles. The third-order valence-electron chi connectivity index (χ3n) is 1.74. The predicted molar refractivity (Wildman–Crippen MR) is 41.2 cm³/mol. The number of aldehydes is 1. The average molecular weight is 241 g/mol. The summed E-state index contributed by atoms with van der Waals surface area (Å²) < 4.78 is 61.0. The number of halogens is 5. The maximum absolute atomic E-state index is 12.2. The molecule has 0 bridgehead atoms. The molecule has 0 aromatic carbocycles. The molecule has 0 saturated carbocycles. The lowest BCUT2D eigenvalue weighted by Crippen LogP contribution is -2.11. The van der Waals surface area contributed by atoms with E-state index in [9.17, 15) is 26.7 Å². The van der Waals surface area contributed by atoms with Gasteiger partial charge in [-0.2, -0.15) is 13.2 Å². The van der Waals surface area contributed by atoms with Crippen molar-refractivity contribution in [2.45, 2.75) is 12.6 Å². The van der Waals surface area contributed by atoms with Gasteiger partial charge in [0.05, 0.1) is 11.1 Å². The summed E-state index contributed by atoms with van der Waals surface area (Å²) in [5.41, 5.74) is -3.91. The zero-order valence-corrected chi connectivity index (χ0v) is 7.42. The number of nitrogens with zero attached hydrogens (tertiary/aromatic N) is 1. The first-order valence-electron chi connectivity index (χ1n) is 3.81. The monoisotopic (exact) mass is 241 g/mol. The molecule has 1 rings (SSSR count). The van der Waals surface area contributed by atoms with Gasteiger partial charge in [-0.1, -0.05) is 0 Å². The summed E-state index contributed by atoms with van der Waals surface area (Å²) in [5.74, 6) is -1.58. The first kappa shape index (κ1) is 12.3. The lowest BCUT2D eigenvalue weighted by atomic mass is 10.1. The fourth-order valence-corrected chi connectivity index (χ4v) is 1.03. The van der Waals surface area contributed by atoms with Crippen molar-refractivity contribution in [1.82, 2.24) is 4.98 Å². The second-order valence-corrected chi connectivity index (χ2v) is 2.74. The number of aromatic nitrogens is 1. The summed E-state index contributed by atoms with van der Waals surface area (Å²) in [6.45, 7) is 0. The largest absolute Gasteiger partial charge is 0.505 e. The summed E-state index contributed by atoms with van der Waals surface area (Å²) in [4.78, 5) is 13.0. The number of hydrogen-bond acceptors (Lipinski definition) is 3. The molecule has 0 unspecified atom stereocenters. The first-order chi connectivity index (χ1) is 7.29. The zero-order valence-electron chi connectivity index (χ0n) is 7.42. The molecule has 0 fully saturated rings. The van der Waals surface area contributed by atoms with Crippen molar-refractivity contribution in [3.05, 3.63) is 23.0 Å². The molecule has 3 nitrogen and oxygen atoms in total. The maximum Gasteiger partial charge on any atom is 0.437 e. The summed E-state index contributed by atoms with van der Waals surface area (Å²) in [7, 11) is 0. The minimum Gasteiger partial charge on any atom is -0.505 e. The van der Waals surface area contributed by atoms with Crippen LogP contribution < -0.4 is 0 Å². The number of alkyl halides is 5. The van der Waals surface area contributed by atoms with Crippen LogP contribution in [-0.2, 0) is 6.18 Å². The molecule has 0 radical (unpaired) electrons. The van der Waals surface area contributed by atoms with E-state index < -0.39 is 35.2 Å². The molecule has 16 heavy (non-hydrogen) atoms. The predicted octanol–water partition coefficient (Wildman–Crippen LogP) is 2.56. The van der Waals surface area contributed by atoms with Crippen LogP contribution >= 0.6 is 0 Å². The lowest BCUT2D eigenvalue weighted by molar-refractivity contribution is -0.142. The van der Waals surface area contributed by atoms with Crippen LogP contribution in [0.15, 0.2) is 6.20 Å². The van der Waals surface area contributed by atoms with Gasteiger partial charge in [0.1, 0.15) is 0 Å². The summed E-state index contributed by atoms with van der Waals surface area (Å²) in [5, 5.41) is 9.01. The molecule has 1 aromatic heterocycles. The molecule has 0 atom stereocenters. The van der Waals surface area contributed by atoms with Gasteiger partial charge >= 0.3 is 6.18 Å². The van der Waals surface area contributed by atoms with E-state index in [2.05, 4.69) is 4.98 Å². The Labute approximate surface area is 85.5 Å². The van der Waals surface area contributed by atoms with Crippen molar-refractivity contribution in [2.24, 2.45) is 0 Å². The van der Waals surface area contributed by atoms with Crippen LogP contribution in [0.4, 0.5) is 22.0 Å². The fraction of sp³-hybridized carbons (Fsp3) is 0.250. The molecule has 88 valence electrons. The Morgan fingerprint density at radius 3 is 2.31 bits per heavy atom. The Hall–Kier alpha value is -1.73. The second-order valence-electron chi connectivity index (χ2n) is 2.74. The molecule has 1 aromatic rings. The molecule has 0 spiro atoms. The second kappa shape index (κ2) is 4.03. The fourth-order valence-electron chi connectivity index (χ4n) is 1.03. The van der Waals surface area contributed by atoms with Crippen LogP contribution in [0.3, 0.4) is 0 Å². The molecule has 0 aliphatic heterocycles. The van der Waals surface area contributed by atoms with Gasteiger partial charge in [-0.25, -0.2) is 13.8 Å². The van der Waals surface area contributed by atoms with Gasteiger partial charge < -0.3 is 5.11 Å². The topological polar surface area (TPSA) is 50.2 Å². The van der Waals surface area contributed by atoms with Gasteiger partial charge in [-0.3, -0.25) is 4.79 Å². The third kappa shape index (κ3) is 2.10. The third-order valence-corrected chi connectivity index (χ3v) is 1.74. The number of pyridine rings is 1. The van der Waals surface area contributed by atoms with Crippen LogP contribution in [0.2, 0.25) is 0 Å². The van der Waals surface area contributed by atoms with Gasteiger partial charge in [0, 0.05) is 6.20 Å². The summed E-state index contributed by atoms with van der Waals surface area (Å²) >= 11 is 0. The van der Waals surface area contributed by atoms with Crippen LogP contribution in [0.1, 0.15) is 28.0 Å². The first-order valence-corrected chi connectivity index (χ1v) is 3.81. The maximum atomic E-state index is 12.2. The molecule has 1 N–H and O–H groups in total. The van der Waals surface area contributed by atoms with Crippen LogP contribution in [0, 0.1) is 0 Å². The van der Waals surface area contributed by atoms with Crippen molar-refractivity contribution < 1.29 is 31.9 Å². The smallest absolute Gasteiger partial charge is 0.437 e. The highest BCUT2D eigenvalue weighted by Crippen LogP contribution is 2.38. The van der Waals surface area contributed by atoms with Crippen LogP contribution in [0.5, 0.6) is 5.75 Å². The molecule has 1 heterocycles. The van der Waals surface area contributed by atoms with Gasteiger partial charge in [0.25, 0.3) is 6.43 Å². The van der Waals surface area contributed by atoms with Gasteiger partial charge in [0.15, 0.2) is 17.7 Å². The van der Waals surface area contributed by atoms with Crippen LogP contribution in [0.25, 0.3) is 0 Å². The highest BCUT2D eigenvalue weighted by atomic mass is 19.4. The van der Waals surface area contributed by atoms with Gasteiger partial charge in [0.2, 0.25) is 0 Å². The van der Waals surface area contributed by atoms with Gasteiger partial charge in [-0.05, 0) is 0 Å². The zero-order chi connectivity index (χ0) is 12.5. The van der Waals surface area contributed by atoms with Crippen molar-refractivity contribution in [2.75, 3.05) is 0 Å².